The van der Waals surface area contributed by atoms with E-state index in [2.05, 4.69) is 0 Å². The number of ether oxygens (including phenoxy) is 2. The van der Waals surface area contributed by atoms with E-state index in [1.54, 1.807) is 20.8 Å². The van der Waals surface area contributed by atoms with Crippen molar-refractivity contribution in [2.24, 2.45) is 0 Å². The van der Waals surface area contributed by atoms with Crippen LogP contribution in [-0.2, 0) is 19.1 Å². The van der Waals surface area contributed by atoms with Crippen LogP contribution in [0.5, 0.6) is 0 Å². The van der Waals surface area contributed by atoms with Crippen LogP contribution in [0.15, 0.2) is 0 Å². The number of rotatable bonds is 5. The Balaban J connectivity index is 3.72. The largest absolute Gasteiger partial charge is 0.465 e. The van der Waals surface area contributed by atoms with Crippen molar-refractivity contribution in [3.63, 3.8) is 0 Å². The lowest BCUT2D eigenvalue weighted by Gasteiger charge is -2.19. The normalized spacial score (nSPS) is 10.9. The quantitative estimate of drug-likeness (QED) is 0.401. The Labute approximate surface area is 90.9 Å². The van der Waals surface area contributed by atoms with Crippen LogP contribution in [0, 0.1) is 0 Å². The van der Waals surface area contributed by atoms with Crippen molar-refractivity contribution in [2.75, 3.05) is 6.61 Å². The minimum absolute atomic E-state index is 0.305. The molecule has 0 amide bonds. The second kappa shape index (κ2) is 6.43. The van der Waals surface area contributed by atoms with E-state index in [1.165, 1.54) is 0 Å². The maximum Gasteiger partial charge on any atom is 0.317 e. The van der Waals surface area contributed by atoms with Gasteiger partial charge in [0.1, 0.15) is 12.0 Å². The van der Waals surface area contributed by atoms with Gasteiger partial charge in [0, 0.05) is 0 Å². The molecule has 0 N–H and O–H groups in total. The average Bonchev–Trinajstić information content (AvgIpc) is 2.00. The van der Waals surface area contributed by atoms with E-state index < -0.39 is 17.5 Å². The van der Waals surface area contributed by atoms with Crippen LogP contribution >= 0.6 is 0 Å². The van der Waals surface area contributed by atoms with Crippen LogP contribution in [-0.4, -0.2) is 24.1 Å². The predicted molar refractivity (Wildman–Crippen MR) is 56.3 cm³/mol. The minimum Gasteiger partial charge on any atom is -0.465 e. The zero-order valence-electron chi connectivity index (χ0n) is 9.96. The number of unbranched alkanes of at least 4 members (excludes halogenated alkanes) is 1. The van der Waals surface area contributed by atoms with Gasteiger partial charge in [0.05, 0.1) is 6.61 Å². The molecule has 0 rings (SSSR count). The molecule has 0 aliphatic rings. The van der Waals surface area contributed by atoms with Gasteiger partial charge < -0.3 is 9.47 Å². The Kier molecular flexibility index (Phi) is 5.97. The second-order valence-corrected chi connectivity index (χ2v) is 4.34. The highest BCUT2D eigenvalue weighted by Crippen LogP contribution is 2.08. The first kappa shape index (κ1) is 13.9. The van der Waals surface area contributed by atoms with Gasteiger partial charge in [0.15, 0.2) is 0 Å². The van der Waals surface area contributed by atoms with E-state index in [0.29, 0.717) is 6.61 Å². The molecular weight excluding hydrogens is 196 g/mol. The molecule has 0 aromatic heterocycles. The van der Waals surface area contributed by atoms with Crippen molar-refractivity contribution in [1.29, 1.82) is 0 Å². The molecular formula is C11H20O4. The molecule has 0 aromatic rings. The van der Waals surface area contributed by atoms with E-state index in [0.717, 1.165) is 12.8 Å². The standard InChI is InChI=1S/C11H20O4/c1-5-6-7-14-9(12)8-10(13)15-11(2,3)4/h5-8H2,1-4H3. The Bertz CT molecular complexity index is 215. The fourth-order valence-electron chi connectivity index (χ4n) is 0.877. The van der Waals surface area contributed by atoms with Crippen molar-refractivity contribution in [2.45, 2.75) is 52.6 Å². The molecule has 0 bridgehead atoms. The molecule has 4 heteroatoms. The Morgan fingerprint density at radius 1 is 1.13 bits per heavy atom. The van der Waals surface area contributed by atoms with Gasteiger partial charge in [-0.1, -0.05) is 13.3 Å². The van der Waals surface area contributed by atoms with Crippen LogP contribution in [0.4, 0.5) is 0 Å². The number of esters is 2. The molecule has 88 valence electrons. The topological polar surface area (TPSA) is 52.6 Å². The summed E-state index contributed by atoms with van der Waals surface area (Å²) in [5.41, 5.74) is -0.555. The summed E-state index contributed by atoms with van der Waals surface area (Å²) in [6.45, 7) is 7.65. The summed E-state index contributed by atoms with van der Waals surface area (Å²) in [6, 6.07) is 0. The van der Waals surface area contributed by atoms with Gasteiger partial charge in [0.25, 0.3) is 0 Å². The third kappa shape index (κ3) is 9.25. The summed E-state index contributed by atoms with van der Waals surface area (Å²) in [7, 11) is 0. The molecule has 0 atom stereocenters. The van der Waals surface area contributed by atoms with Crippen LogP contribution in [0.2, 0.25) is 0 Å². The summed E-state index contributed by atoms with van der Waals surface area (Å²) in [5.74, 6) is -1.05. The molecule has 0 aliphatic heterocycles. The maximum absolute atomic E-state index is 11.2. The van der Waals surface area contributed by atoms with Gasteiger partial charge in [-0.05, 0) is 27.2 Å². The lowest BCUT2D eigenvalue weighted by molar-refractivity contribution is -0.161. The number of carbonyl (C=O) groups excluding carboxylic acids is 2. The molecule has 15 heavy (non-hydrogen) atoms. The molecule has 0 radical (unpaired) electrons. The van der Waals surface area contributed by atoms with Crippen LogP contribution in [0.25, 0.3) is 0 Å². The van der Waals surface area contributed by atoms with Gasteiger partial charge in [-0.25, -0.2) is 0 Å². The first-order valence-electron chi connectivity index (χ1n) is 5.22. The number of hydrogen-bond donors (Lipinski definition) is 0. The first-order chi connectivity index (χ1) is 6.85. The monoisotopic (exact) mass is 216 g/mol. The molecule has 0 saturated carbocycles. The third-order valence-electron chi connectivity index (χ3n) is 1.47. The lowest BCUT2D eigenvalue weighted by atomic mass is 10.2. The van der Waals surface area contributed by atoms with Crippen molar-refractivity contribution in [1.82, 2.24) is 0 Å². The summed E-state index contributed by atoms with van der Waals surface area (Å²) < 4.78 is 9.80. The van der Waals surface area contributed by atoms with E-state index in [9.17, 15) is 9.59 Å². The molecule has 0 heterocycles. The predicted octanol–water partition coefficient (Wildman–Crippen LogP) is 2.06. The highest BCUT2D eigenvalue weighted by Gasteiger charge is 2.19. The summed E-state index contributed by atoms with van der Waals surface area (Å²) in [6.07, 6.45) is 1.47. The van der Waals surface area contributed by atoms with Gasteiger partial charge in [-0.3, -0.25) is 9.59 Å². The smallest absolute Gasteiger partial charge is 0.317 e. The summed E-state index contributed by atoms with van der Waals surface area (Å²) in [4.78, 5) is 22.3. The Hall–Kier alpha value is -1.06. The number of carbonyl (C=O) groups is 2. The van der Waals surface area contributed by atoms with Crippen molar-refractivity contribution >= 4 is 11.9 Å². The zero-order valence-corrected chi connectivity index (χ0v) is 9.96. The summed E-state index contributed by atoms with van der Waals surface area (Å²) >= 11 is 0. The van der Waals surface area contributed by atoms with Crippen LogP contribution in [0.1, 0.15) is 47.0 Å². The fourth-order valence-corrected chi connectivity index (χ4v) is 0.877. The molecule has 0 fully saturated rings. The summed E-state index contributed by atoms with van der Waals surface area (Å²) in [5, 5.41) is 0. The van der Waals surface area contributed by atoms with Crippen molar-refractivity contribution < 1.29 is 19.1 Å². The lowest BCUT2D eigenvalue weighted by Crippen LogP contribution is -2.25. The highest BCUT2D eigenvalue weighted by molar-refractivity contribution is 5.91. The second-order valence-electron chi connectivity index (χ2n) is 4.34. The molecule has 0 spiro atoms. The van der Waals surface area contributed by atoms with Gasteiger partial charge in [-0.2, -0.15) is 0 Å². The SMILES string of the molecule is CCCCOC(=O)CC(=O)OC(C)(C)C. The molecule has 4 nitrogen and oxygen atoms in total. The van der Waals surface area contributed by atoms with Crippen molar-refractivity contribution in [3.8, 4) is 0 Å². The van der Waals surface area contributed by atoms with Crippen LogP contribution < -0.4 is 0 Å². The van der Waals surface area contributed by atoms with E-state index in [4.69, 9.17) is 9.47 Å². The number of hydrogen-bond acceptors (Lipinski definition) is 4. The molecule has 0 saturated heterocycles. The fraction of sp³-hybridized carbons (Fsp3) is 0.818. The minimum atomic E-state index is -0.555. The van der Waals surface area contributed by atoms with Gasteiger partial charge >= 0.3 is 11.9 Å². The molecule has 0 aromatic carbocycles. The zero-order chi connectivity index (χ0) is 11.9. The molecule has 0 unspecified atom stereocenters. The Morgan fingerprint density at radius 3 is 2.20 bits per heavy atom. The van der Waals surface area contributed by atoms with E-state index in [-0.39, 0.29) is 6.42 Å². The molecule has 0 aliphatic carbocycles. The maximum atomic E-state index is 11.2. The van der Waals surface area contributed by atoms with Crippen molar-refractivity contribution in [3.05, 3.63) is 0 Å². The van der Waals surface area contributed by atoms with Crippen LogP contribution in [0.3, 0.4) is 0 Å². The average molecular weight is 216 g/mol. The highest BCUT2D eigenvalue weighted by atomic mass is 16.6. The van der Waals surface area contributed by atoms with Gasteiger partial charge in [0.2, 0.25) is 0 Å². The van der Waals surface area contributed by atoms with E-state index >= 15 is 0 Å². The van der Waals surface area contributed by atoms with E-state index in [1.807, 2.05) is 6.92 Å². The third-order valence-corrected chi connectivity index (χ3v) is 1.47. The first-order valence-corrected chi connectivity index (χ1v) is 5.22. The van der Waals surface area contributed by atoms with Gasteiger partial charge in [-0.15, -0.1) is 0 Å². The Morgan fingerprint density at radius 2 is 1.73 bits per heavy atom.